The molecule has 0 fully saturated rings. The van der Waals surface area contributed by atoms with Crippen molar-refractivity contribution in [1.29, 1.82) is 0 Å². The summed E-state index contributed by atoms with van der Waals surface area (Å²) in [6, 6.07) is 12.0. The lowest BCUT2D eigenvalue weighted by Crippen LogP contribution is -2.26. The maximum atomic E-state index is 13.6. The van der Waals surface area contributed by atoms with Gasteiger partial charge in [-0.1, -0.05) is 51.9 Å². The first kappa shape index (κ1) is 27.2. The van der Waals surface area contributed by atoms with E-state index in [9.17, 15) is 14.7 Å². The van der Waals surface area contributed by atoms with E-state index in [4.69, 9.17) is 4.42 Å². The molecule has 0 unspecified atom stereocenters. The molecule has 0 radical (unpaired) electrons. The molecule has 1 N–H and O–H groups in total. The van der Waals surface area contributed by atoms with E-state index in [0.717, 1.165) is 38.0 Å². The number of furan rings is 1. The Balaban J connectivity index is 1.83. The van der Waals surface area contributed by atoms with E-state index in [2.05, 4.69) is 37.5 Å². The minimum Gasteiger partial charge on any atom is -0.478 e. The topological polar surface area (TPSA) is 70.7 Å². The molecule has 0 aliphatic rings. The lowest BCUT2D eigenvalue weighted by molar-refractivity contribution is 0.0696. The van der Waals surface area contributed by atoms with E-state index in [1.165, 1.54) is 37.8 Å². The summed E-state index contributed by atoms with van der Waals surface area (Å²) in [5.41, 5.74) is 2.54. The Morgan fingerprint density at radius 3 is 2.14 bits per heavy atom. The number of carboxylic acid groups (broad SMARTS) is 1. The van der Waals surface area contributed by atoms with E-state index in [0.29, 0.717) is 34.3 Å². The van der Waals surface area contributed by atoms with Crippen LogP contribution in [0.2, 0.25) is 0 Å². The van der Waals surface area contributed by atoms with Crippen LogP contribution in [0.15, 0.2) is 46.9 Å². The van der Waals surface area contributed by atoms with Gasteiger partial charge in [0.15, 0.2) is 5.78 Å². The first-order chi connectivity index (χ1) is 17.5. The van der Waals surface area contributed by atoms with Gasteiger partial charge in [-0.25, -0.2) is 4.79 Å². The van der Waals surface area contributed by atoms with Gasteiger partial charge in [-0.2, -0.15) is 0 Å². The second-order valence-electron chi connectivity index (χ2n) is 9.21. The van der Waals surface area contributed by atoms with Gasteiger partial charge in [-0.15, -0.1) is 0 Å². The second kappa shape index (κ2) is 13.7. The molecule has 1 heterocycles. The molecule has 0 saturated heterocycles. The van der Waals surface area contributed by atoms with Gasteiger partial charge in [-0.3, -0.25) is 9.69 Å². The van der Waals surface area contributed by atoms with Gasteiger partial charge >= 0.3 is 5.97 Å². The zero-order chi connectivity index (χ0) is 25.9. The van der Waals surface area contributed by atoms with Crippen LogP contribution in [0.1, 0.15) is 96.9 Å². The summed E-state index contributed by atoms with van der Waals surface area (Å²) in [5, 5.41) is 9.98. The maximum Gasteiger partial charge on any atom is 0.335 e. The van der Waals surface area contributed by atoms with Crippen molar-refractivity contribution in [3.05, 3.63) is 70.5 Å². The number of aryl methyl sites for hydroxylation is 1. The van der Waals surface area contributed by atoms with Crippen molar-refractivity contribution < 1.29 is 19.1 Å². The number of hydrogen-bond donors (Lipinski definition) is 1. The number of nitrogens with zero attached hydrogens (tertiary/aromatic N) is 1. The van der Waals surface area contributed by atoms with Crippen LogP contribution in [0.4, 0.5) is 0 Å². The zero-order valence-corrected chi connectivity index (χ0v) is 21.7. The van der Waals surface area contributed by atoms with Crippen molar-refractivity contribution in [2.24, 2.45) is 0 Å². The molecular weight excluding hydrogens is 450 g/mol. The molecule has 3 aromatic rings. The fourth-order valence-corrected chi connectivity index (χ4v) is 4.18. The summed E-state index contributed by atoms with van der Waals surface area (Å²) in [6.07, 6.45) is 7.19. The van der Waals surface area contributed by atoms with Crippen LogP contribution in [0.3, 0.4) is 0 Å². The predicted molar refractivity (Wildman–Crippen MR) is 145 cm³/mol. The van der Waals surface area contributed by atoms with Gasteiger partial charge in [-0.05, 0) is 74.8 Å². The average Bonchev–Trinajstić information content (AvgIpc) is 3.26. The number of carbonyl (C=O) groups is 2. The zero-order valence-electron chi connectivity index (χ0n) is 21.7. The molecule has 0 atom stereocenters. The molecular formula is C31H37NO4. The van der Waals surface area contributed by atoms with Crippen molar-refractivity contribution in [2.45, 2.75) is 65.7 Å². The Labute approximate surface area is 214 Å². The van der Waals surface area contributed by atoms with Crippen LogP contribution in [0.5, 0.6) is 0 Å². The Bertz CT molecular complexity index is 1220. The molecule has 1 aromatic heterocycles. The number of unbranched alkanes of at least 4 members (excludes halogenated alkanes) is 3. The largest absolute Gasteiger partial charge is 0.478 e. The number of fused-ring (bicyclic) bond motifs is 1. The minimum atomic E-state index is -1.03. The molecule has 0 saturated carbocycles. The van der Waals surface area contributed by atoms with Crippen LogP contribution in [0, 0.1) is 11.8 Å². The van der Waals surface area contributed by atoms with Gasteiger partial charge in [0.05, 0.1) is 17.7 Å². The number of aromatic carboxylic acids is 1. The minimum absolute atomic E-state index is 0.136. The number of ketones is 1. The second-order valence-corrected chi connectivity index (χ2v) is 9.21. The molecule has 2 aromatic carbocycles. The monoisotopic (exact) mass is 487 g/mol. The van der Waals surface area contributed by atoms with Crippen molar-refractivity contribution in [2.75, 3.05) is 19.6 Å². The van der Waals surface area contributed by atoms with E-state index < -0.39 is 5.97 Å². The molecule has 190 valence electrons. The molecule has 0 aliphatic carbocycles. The van der Waals surface area contributed by atoms with Crippen molar-refractivity contribution in [1.82, 2.24) is 4.90 Å². The highest BCUT2D eigenvalue weighted by molar-refractivity contribution is 6.17. The highest BCUT2D eigenvalue weighted by atomic mass is 16.4. The predicted octanol–water partition coefficient (Wildman–Crippen LogP) is 6.96. The van der Waals surface area contributed by atoms with E-state index in [1.807, 2.05) is 12.1 Å². The standard InChI is InChI=1S/C31H37NO4/c1-4-7-12-28-29(26-22-25(31(34)35)17-18-27(26)36-28)30(33)24-15-13-23(14-16-24)11-10-21-32(19-8-5-2)20-9-6-3/h13-18,22H,4-9,12,19-21H2,1-3H3,(H,34,35). The molecule has 0 amide bonds. The Kier molecular flexibility index (Phi) is 10.3. The van der Waals surface area contributed by atoms with Crippen molar-refractivity contribution in [3.63, 3.8) is 0 Å². The Hall–Kier alpha value is -3.36. The van der Waals surface area contributed by atoms with Crippen molar-refractivity contribution >= 4 is 22.7 Å². The smallest absolute Gasteiger partial charge is 0.335 e. The summed E-state index contributed by atoms with van der Waals surface area (Å²) < 4.78 is 5.99. The van der Waals surface area contributed by atoms with Crippen LogP contribution >= 0.6 is 0 Å². The third kappa shape index (κ3) is 7.08. The third-order valence-electron chi connectivity index (χ3n) is 6.33. The highest BCUT2D eigenvalue weighted by Crippen LogP contribution is 2.30. The molecule has 5 heteroatoms. The van der Waals surface area contributed by atoms with Gasteiger partial charge in [0.25, 0.3) is 0 Å². The lowest BCUT2D eigenvalue weighted by atomic mass is 9.97. The van der Waals surface area contributed by atoms with E-state index >= 15 is 0 Å². The molecule has 3 rings (SSSR count). The summed E-state index contributed by atoms with van der Waals surface area (Å²) in [6.45, 7) is 9.38. The quantitative estimate of drug-likeness (QED) is 0.208. The number of hydrogen-bond acceptors (Lipinski definition) is 4. The van der Waals surface area contributed by atoms with Crippen LogP contribution < -0.4 is 0 Å². The SMILES string of the molecule is CCCCc1oc2ccc(C(=O)O)cc2c1C(=O)c1ccc(C#CCN(CCCC)CCCC)cc1. The van der Waals surface area contributed by atoms with E-state index in [1.54, 1.807) is 18.2 Å². The molecule has 36 heavy (non-hydrogen) atoms. The van der Waals surface area contributed by atoms with E-state index in [-0.39, 0.29) is 11.3 Å². The summed E-state index contributed by atoms with van der Waals surface area (Å²) in [4.78, 5) is 27.5. The maximum absolute atomic E-state index is 13.6. The first-order valence-electron chi connectivity index (χ1n) is 13.1. The average molecular weight is 488 g/mol. The number of carboxylic acids is 1. The van der Waals surface area contributed by atoms with Gasteiger partial charge in [0, 0.05) is 22.9 Å². The summed E-state index contributed by atoms with van der Waals surface area (Å²) >= 11 is 0. The number of rotatable bonds is 13. The number of carbonyl (C=O) groups excluding carboxylic acids is 1. The molecule has 0 aliphatic heterocycles. The fraction of sp³-hybridized carbons (Fsp3) is 0.419. The van der Waals surface area contributed by atoms with Crippen molar-refractivity contribution in [3.8, 4) is 11.8 Å². The van der Waals surface area contributed by atoms with Gasteiger partial charge in [0.1, 0.15) is 11.3 Å². The fourth-order valence-electron chi connectivity index (χ4n) is 4.18. The molecule has 5 nitrogen and oxygen atoms in total. The summed E-state index contributed by atoms with van der Waals surface area (Å²) in [5.74, 6) is 5.94. The summed E-state index contributed by atoms with van der Waals surface area (Å²) in [7, 11) is 0. The number of benzene rings is 2. The van der Waals surface area contributed by atoms with Crippen LogP contribution in [0.25, 0.3) is 11.0 Å². The van der Waals surface area contributed by atoms with Crippen LogP contribution in [-0.2, 0) is 6.42 Å². The molecule has 0 bridgehead atoms. The molecule has 0 spiro atoms. The Morgan fingerprint density at radius 1 is 0.889 bits per heavy atom. The normalized spacial score (nSPS) is 11.0. The lowest BCUT2D eigenvalue weighted by Gasteiger charge is -2.18. The van der Waals surface area contributed by atoms with Gasteiger partial charge < -0.3 is 9.52 Å². The Morgan fingerprint density at radius 2 is 1.53 bits per heavy atom. The third-order valence-corrected chi connectivity index (χ3v) is 6.33. The first-order valence-corrected chi connectivity index (χ1v) is 13.1. The van der Waals surface area contributed by atoms with Crippen LogP contribution in [-0.4, -0.2) is 41.4 Å². The highest BCUT2D eigenvalue weighted by Gasteiger charge is 2.23. The van der Waals surface area contributed by atoms with Gasteiger partial charge in [0.2, 0.25) is 0 Å².